The lowest BCUT2D eigenvalue weighted by Crippen LogP contribution is -2.09. The second-order valence-electron chi connectivity index (χ2n) is 6.31. The van der Waals surface area contributed by atoms with E-state index in [1.165, 1.54) is 0 Å². The van der Waals surface area contributed by atoms with Crippen LogP contribution < -0.4 is 21.4 Å². The maximum Gasteiger partial charge on any atom is 0.434 e. The minimum Gasteiger partial charge on any atom is -0.437 e. The Balaban J connectivity index is 1.62. The van der Waals surface area contributed by atoms with Crippen molar-refractivity contribution in [1.29, 1.82) is 0 Å². The smallest absolute Gasteiger partial charge is 0.434 e. The minimum absolute atomic E-state index is 0.263. The second-order valence-corrected chi connectivity index (χ2v) is 6.31. The number of hydrogen-bond donors (Lipinski definition) is 3. The van der Waals surface area contributed by atoms with Crippen LogP contribution in [0.2, 0.25) is 0 Å². The zero-order valence-electron chi connectivity index (χ0n) is 15.2. The van der Waals surface area contributed by atoms with E-state index >= 15 is 0 Å². The molecule has 28 heavy (non-hydrogen) atoms. The van der Waals surface area contributed by atoms with Crippen LogP contribution in [0.15, 0.2) is 50.4 Å². The predicted molar refractivity (Wildman–Crippen MR) is 103 cm³/mol. The maximum atomic E-state index is 11.9. The summed E-state index contributed by atoms with van der Waals surface area (Å²) in [5.74, 6) is 0.667. The molecule has 142 valence electrons. The summed E-state index contributed by atoms with van der Waals surface area (Å²) < 4.78 is 10.9. The Bertz CT molecular complexity index is 1250. The third-order valence-electron chi connectivity index (χ3n) is 4.25. The van der Waals surface area contributed by atoms with Gasteiger partial charge in [0.15, 0.2) is 0 Å². The van der Waals surface area contributed by atoms with Gasteiger partial charge in [-0.15, -0.1) is 10.2 Å². The monoisotopic (exact) mass is 379 g/mol. The molecule has 0 saturated heterocycles. The summed E-state index contributed by atoms with van der Waals surface area (Å²) in [5.41, 5.74) is 2.32. The van der Waals surface area contributed by atoms with Gasteiger partial charge in [-0.25, -0.2) is 15.0 Å². The lowest BCUT2D eigenvalue weighted by Gasteiger charge is -2.14. The number of rotatable bonds is 5. The molecule has 0 spiro atoms. The Morgan fingerprint density at radius 3 is 2.43 bits per heavy atom. The average Bonchev–Trinajstić information content (AvgIpc) is 3.10. The number of H-pyrrole nitrogens is 2. The number of aromatic amines is 2. The van der Waals surface area contributed by atoms with Crippen molar-refractivity contribution in [2.75, 3.05) is 5.32 Å². The predicted octanol–water partition coefficient (Wildman–Crippen LogP) is 2.62. The molecule has 2 aromatic heterocycles. The minimum atomic E-state index is -0.589. The summed E-state index contributed by atoms with van der Waals surface area (Å²) in [6.45, 7) is 4.09. The number of nitrogens with one attached hydrogen (secondary N) is 3. The Morgan fingerprint density at radius 2 is 1.75 bits per heavy atom. The second kappa shape index (κ2) is 7.03. The quantitative estimate of drug-likeness (QED) is 0.486. The van der Waals surface area contributed by atoms with E-state index < -0.39 is 5.76 Å². The van der Waals surface area contributed by atoms with E-state index in [0.717, 1.165) is 16.8 Å². The normalized spacial score (nSPS) is 10.9. The van der Waals surface area contributed by atoms with Gasteiger partial charge in [-0.2, -0.15) is 0 Å². The topological polar surface area (TPSA) is 126 Å². The number of nitrogens with zero attached hydrogens (tertiary/aromatic N) is 2. The van der Waals surface area contributed by atoms with Gasteiger partial charge in [0.25, 0.3) is 5.56 Å². The highest BCUT2D eigenvalue weighted by molar-refractivity contribution is 5.86. The fraction of sp³-hybridized carbons (Fsp3) is 0.158. The van der Waals surface area contributed by atoms with Crippen LogP contribution in [0.5, 0.6) is 11.6 Å². The number of aromatic nitrogens is 4. The molecule has 0 bridgehead atoms. The van der Waals surface area contributed by atoms with Crippen LogP contribution in [0.3, 0.4) is 0 Å². The number of fused-ring (bicyclic) bond motifs is 1. The Kier molecular flexibility index (Phi) is 4.40. The van der Waals surface area contributed by atoms with Gasteiger partial charge in [0.05, 0.1) is 17.3 Å². The summed E-state index contributed by atoms with van der Waals surface area (Å²) in [6.07, 6.45) is 0. The molecular weight excluding hydrogens is 362 g/mol. The van der Waals surface area contributed by atoms with Crippen molar-refractivity contribution in [1.82, 2.24) is 20.4 Å². The highest BCUT2D eigenvalue weighted by atomic mass is 16.5. The summed E-state index contributed by atoms with van der Waals surface area (Å²) >= 11 is 0. The molecule has 0 aliphatic heterocycles. The standard InChI is InChI=1S/C19H17N5O4/c1-10-7-12(20-9-15-21-24-19(26)27-15)8-11(2)16(10)28-18-14-6-4-3-5-13(14)17(25)22-23-18/h3-8,20H,9H2,1-2H3,(H,22,25)(H,24,26). The summed E-state index contributed by atoms with van der Waals surface area (Å²) in [6, 6.07) is 11.0. The highest BCUT2D eigenvalue weighted by Gasteiger charge is 2.13. The molecule has 9 heteroatoms. The van der Waals surface area contributed by atoms with Gasteiger partial charge in [0.2, 0.25) is 11.8 Å². The number of ether oxygens (including phenoxy) is 1. The molecule has 0 aliphatic carbocycles. The molecule has 3 N–H and O–H groups in total. The fourth-order valence-corrected chi connectivity index (χ4v) is 2.99. The third kappa shape index (κ3) is 3.37. The Morgan fingerprint density at radius 1 is 1.04 bits per heavy atom. The maximum absolute atomic E-state index is 11.9. The van der Waals surface area contributed by atoms with Gasteiger partial charge < -0.3 is 14.5 Å². The molecule has 2 aromatic carbocycles. The fourth-order valence-electron chi connectivity index (χ4n) is 2.99. The van der Waals surface area contributed by atoms with Crippen molar-refractivity contribution >= 4 is 16.5 Å². The first-order valence-electron chi connectivity index (χ1n) is 8.56. The van der Waals surface area contributed by atoms with Crippen molar-refractivity contribution in [2.24, 2.45) is 0 Å². The molecule has 0 atom stereocenters. The van der Waals surface area contributed by atoms with Gasteiger partial charge in [-0.05, 0) is 49.2 Å². The largest absolute Gasteiger partial charge is 0.437 e. The first-order valence-corrected chi connectivity index (χ1v) is 8.56. The number of hydrogen-bond acceptors (Lipinski definition) is 7. The molecule has 0 fully saturated rings. The van der Waals surface area contributed by atoms with E-state index in [0.29, 0.717) is 22.4 Å². The van der Waals surface area contributed by atoms with E-state index in [1.807, 2.05) is 32.0 Å². The van der Waals surface area contributed by atoms with E-state index in [2.05, 4.69) is 25.7 Å². The first-order chi connectivity index (χ1) is 13.5. The zero-order valence-corrected chi connectivity index (χ0v) is 15.2. The summed E-state index contributed by atoms with van der Waals surface area (Å²) in [5, 5.41) is 16.8. The lowest BCUT2D eigenvalue weighted by atomic mass is 10.1. The molecule has 2 heterocycles. The van der Waals surface area contributed by atoms with Crippen LogP contribution in [-0.2, 0) is 6.54 Å². The Labute approximate surface area is 158 Å². The molecule has 0 radical (unpaired) electrons. The molecule has 0 aliphatic rings. The SMILES string of the molecule is Cc1cc(NCc2n[nH]c(=O)o2)cc(C)c1Oc1n[nH]c(=O)c2ccccc12. The number of anilines is 1. The van der Waals surface area contributed by atoms with Crippen LogP contribution >= 0.6 is 0 Å². The van der Waals surface area contributed by atoms with E-state index in [-0.39, 0.29) is 18.0 Å². The van der Waals surface area contributed by atoms with Crippen LogP contribution in [0.4, 0.5) is 5.69 Å². The highest BCUT2D eigenvalue weighted by Crippen LogP contribution is 2.33. The van der Waals surface area contributed by atoms with E-state index in [4.69, 9.17) is 9.15 Å². The molecule has 0 saturated carbocycles. The molecule has 0 unspecified atom stereocenters. The van der Waals surface area contributed by atoms with Gasteiger partial charge in [-0.3, -0.25) is 4.79 Å². The Hall–Kier alpha value is -3.88. The third-order valence-corrected chi connectivity index (χ3v) is 4.25. The van der Waals surface area contributed by atoms with Crippen molar-refractivity contribution in [2.45, 2.75) is 20.4 Å². The first kappa shape index (κ1) is 17.5. The van der Waals surface area contributed by atoms with Crippen LogP contribution in [0, 0.1) is 13.8 Å². The van der Waals surface area contributed by atoms with Crippen molar-refractivity contribution < 1.29 is 9.15 Å². The summed E-state index contributed by atoms with van der Waals surface area (Å²) in [7, 11) is 0. The molecule has 4 aromatic rings. The van der Waals surface area contributed by atoms with Crippen molar-refractivity contribution in [3.63, 3.8) is 0 Å². The lowest BCUT2D eigenvalue weighted by molar-refractivity contribution is 0.454. The van der Waals surface area contributed by atoms with Gasteiger partial charge in [-0.1, -0.05) is 12.1 Å². The number of benzene rings is 2. The van der Waals surface area contributed by atoms with Crippen molar-refractivity contribution in [3.8, 4) is 11.6 Å². The summed E-state index contributed by atoms with van der Waals surface area (Å²) in [4.78, 5) is 22.9. The number of aryl methyl sites for hydroxylation is 2. The van der Waals surface area contributed by atoms with E-state index in [1.54, 1.807) is 18.2 Å². The van der Waals surface area contributed by atoms with E-state index in [9.17, 15) is 9.59 Å². The molecule has 4 rings (SSSR count). The van der Waals surface area contributed by atoms with Crippen LogP contribution in [0.25, 0.3) is 10.8 Å². The van der Waals surface area contributed by atoms with Gasteiger partial charge in [0.1, 0.15) is 5.75 Å². The zero-order chi connectivity index (χ0) is 19.7. The molecular formula is C19H17N5O4. The van der Waals surface area contributed by atoms with Crippen LogP contribution in [-0.4, -0.2) is 20.4 Å². The molecule has 0 amide bonds. The van der Waals surface area contributed by atoms with Gasteiger partial charge in [0, 0.05) is 5.69 Å². The molecule has 9 nitrogen and oxygen atoms in total. The van der Waals surface area contributed by atoms with Crippen LogP contribution in [0.1, 0.15) is 17.0 Å². The van der Waals surface area contributed by atoms with Gasteiger partial charge >= 0.3 is 5.76 Å². The van der Waals surface area contributed by atoms with Crippen molar-refractivity contribution in [3.05, 3.63) is 74.3 Å². The average molecular weight is 379 g/mol.